The minimum atomic E-state index is -0.693. The van der Waals surface area contributed by atoms with Gasteiger partial charge in [0.2, 0.25) is 0 Å². The Kier molecular flexibility index (Phi) is 9.66. The third-order valence-corrected chi connectivity index (χ3v) is 16.1. The van der Waals surface area contributed by atoms with Crippen molar-refractivity contribution in [2.75, 3.05) is 20.3 Å². The number of allylic oxidation sites excluding steroid dienone is 2. The molecule has 0 heterocycles. The Hall–Kier alpha value is -3.29. The molecule has 0 aromatic heterocycles. The molecule has 0 amide bonds. The van der Waals surface area contributed by atoms with Crippen molar-refractivity contribution in [3.63, 3.8) is 0 Å². The van der Waals surface area contributed by atoms with Crippen LogP contribution in [0.25, 0.3) is 0 Å². The first-order valence-corrected chi connectivity index (χ1v) is 19.9. The molecule has 4 saturated carbocycles. The van der Waals surface area contributed by atoms with E-state index in [0.717, 1.165) is 56.1 Å². The molecule has 5 aliphatic carbocycles. The highest BCUT2D eigenvalue weighted by Crippen LogP contribution is 2.75. The molecule has 4 fully saturated rings. The number of ether oxygens (including phenoxy) is 3. The van der Waals surface area contributed by atoms with Crippen LogP contribution < -0.4 is 0 Å². The maximum Gasteiger partial charge on any atom is 0.331 e. The smallest absolute Gasteiger partial charge is 0.331 e. The first kappa shape index (κ1) is 38.0. The first-order valence-electron chi connectivity index (χ1n) is 19.9. The van der Waals surface area contributed by atoms with Crippen LogP contribution in [-0.4, -0.2) is 49.3 Å². The molecular weight excluding hydrogens is 664 g/mol. The summed E-state index contributed by atoms with van der Waals surface area (Å²) in [6.07, 6.45) is 8.46. The van der Waals surface area contributed by atoms with Crippen LogP contribution in [0.1, 0.15) is 117 Å². The number of benzene rings is 2. The first-order chi connectivity index (χ1) is 25.0. The summed E-state index contributed by atoms with van der Waals surface area (Å²) in [7, 11) is 1.35. The lowest BCUT2D eigenvalue weighted by Gasteiger charge is -2.70. The van der Waals surface area contributed by atoms with Crippen molar-refractivity contribution < 1.29 is 33.7 Å². The van der Waals surface area contributed by atoms with E-state index in [1.807, 2.05) is 66.7 Å². The fourth-order valence-electron chi connectivity index (χ4n) is 12.6. The van der Waals surface area contributed by atoms with E-state index in [1.54, 1.807) is 0 Å². The Morgan fingerprint density at radius 3 is 2.08 bits per heavy atom. The van der Waals surface area contributed by atoms with Crippen molar-refractivity contribution in [3.8, 4) is 0 Å². The van der Waals surface area contributed by atoms with Gasteiger partial charge in [0.05, 0.1) is 25.2 Å². The lowest BCUT2D eigenvalue weighted by atomic mass is 9.33. The van der Waals surface area contributed by atoms with E-state index >= 15 is 0 Å². The number of hydrogen-bond donors (Lipinski definition) is 1. The van der Waals surface area contributed by atoms with Gasteiger partial charge in [0.15, 0.2) is 11.9 Å². The molecule has 10 atom stereocenters. The van der Waals surface area contributed by atoms with Crippen molar-refractivity contribution in [3.05, 3.63) is 83.4 Å². The summed E-state index contributed by atoms with van der Waals surface area (Å²) < 4.78 is 17.2. The van der Waals surface area contributed by atoms with Gasteiger partial charge in [-0.05, 0) is 115 Å². The van der Waals surface area contributed by atoms with Crippen molar-refractivity contribution in [1.82, 2.24) is 0 Å². The van der Waals surface area contributed by atoms with E-state index in [9.17, 15) is 19.5 Å². The van der Waals surface area contributed by atoms with Crippen molar-refractivity contribution in [1.29, 1.82) is 0 Å². The van der Waals surface area contributed by atoms with Crippen molar-refractivity contribution in [2.45, 2.75) is 112 Å². The molecule has 7 heteroatoms. The molecule has 53 heavy (non-hydrogen) atoms. The predicted molar refractivity (Wildman–Crippen MR) is 203 cm³/mol. The number of hydrogen-bond acceptors (Lipinski definition) is 7. The summed E-state index contributed by atoms with van der Waals surface area (Å²) in [6.45, 7) is 13.7. The zero-order chi connectivity index (χ0) is 38.0. The Labute approximate surface area is 316 Å². The number of esters is 2. The molecule has 5 aliphatic rings. The Morgan fingerprint density at radius 1 is 0.830 bits per heavy atom. The summed E-state index contributed by atoms with van der Waals surface area (Å²) in [6, 6.07) is 20.0. The number of methoxy groups -OCH3 is 1. The summed E-state index contributed by atoms with van der Waals surface area (Å²) >= 11 is 0. The van der Waals surface area contributed by atoms with Gasteiger partial charge < -0.3 is 19.3 Å². The molecule has 0 aliphatic heterocycles. The van der Waals surface area contributed by atoms with Crippen LogP contribution >= 0.6 is 0 Å². The van der Waals surface area contributed by atoms with Gasteiger partial charge >= 0.3 is 11.9 Å². The minimum Gasteiger partial charge on any atom is -0.467 e. The van der Waals surface area contributed by atoms with Crippen LogP contribution in [0.2, 0.25) is 0 Å². The summed E-state index contributed by atoms with van der Waals surface area (Å²) in [5.41, 5.74) is 1.03. The van der Waals surface area contributed by atoms with Gasteiger partial charge in [0.25, 0.3) is 0 Å². The van der Waals surface area contributed by atoms with E-state index in [4.69, 9.17) is 14.2 Å². The third-order valence-electron chi connectivity index (χ3n) is 16.1. The SMILES string of the molecule is COC(=O)COC[C@@]1(C)[C@@H]2CC[C@]3(C)[C@H](C(=O)C=C4[C@@H]5C[C@@](C)(C(=O)OC(c6ccccc6)c6ccccc6)CC[C@]5(C)CC[C@]43C)[C@@]2(C)CC[C@@H]1O. The lowest BCUT2D eigenvalue weighted by molar-refractivity contribution is -0.216. The summed E-state index contributed by atoms with van der Waals surface area (Å²) in [5, 5.41) is 11.5. The quantitative estimate of drug-likeness (QED) is 0.272. The summed E-state index contributed by atoms with van der Waals surface area (Å²) in [5.74, 6) is -0.448. The average molecular weight is 725 g/mol. The third kappa shape index (κ3) is 5.94. The highest BCUT2D eigenvalue weighted by Gasteiger charge is 2.71. The molecule has 0 spiro atoms. The molecule has 0 unspecified atom stereocenters. The molecule has 0 radical (unpaired) electrons. The van der Waals surface area contributed by atoms with Gasteiger partial charge in [-0.25, -0.2) is 4.79 Å². The average Bonchev–Trinajstić information content (AvgIpc) is 3.14. The van der Waals surface area contributed by atoms with Crippen LogP contribution in [0.3, 0.4) is 0 Å². The topological polar surface area (TPSA) is 99.1 Å². The predicted octanol–water partition coefficient (Wildman–Crippen LogP) is 8.83. The van der Waals surface area contributed by atoms with Crippen LogP contribution in [0.5, 0.6) is 0 Å². The van der Waals surface area contributed by atoms with Crippen LogP contribution in [0.4, 0.5) is 0 Å². The second-order valence-corrected chi connectivity index (χ2v) is 19.0. The standard InChI is InChI=1S/C46H60O7/c1-41-22-23-42(2,40(50)53-38(30-14-10-8-11-15-30)31-16-12-9-13-17-31)27-33(41)32-26-34(47)39-43(3)20-19-36(48)44(4,29-52-28-37(49)51-7)35(43)18-21-46(39,6)45(32,5)25-24-41/h8-17,26,33,35-36,38-39,48H,18-25,27-29H2,1-7H3/t33-,35+,36-,39+,41+,42-,43-,44-,45+,46+/m0/s1. The zero-order valence-corrected chi connectivity index (χ0v) is 32.9. The number of carbonyl (C=O) groups is 3. The molecule has 286 valence electrons. The van der Waals surface area contributed by atoms with E-state index in [2.05, 4.69) is 41.5 Å². The Bertz CT molecular complexity index is 1720. The normalized spacial score (nSPS) is 40.5. The number of carbonyl (C=O) groups excluding carboxylic acids is 3. The Morgan fingerprint density at radius 2 is 1.45 bits per heavy atom. The maximum absolute atomic E-state index is 14.9. The molecule has 1 N–H and O–H groups in total. The fourth-order valence-corrected chi connectivity index (χ4v) is 12.6. The van der Waals surface area contributed by atoms with Gasteiger partial charge in [-0.15, -0.1) is 0 Å². The number of rotatable bonds is 8. The lowest BCUT2D eigenvalue weighted by Crippen LogP contribution is -2.67. The van der Waals surface area contributed by atoms with Gasteiger partial charge in [-0.3, -0.25) is 9.59 Å². The molecule has 2 aromatic rings. The van der Waals surface area contributed by atoms with Crippen LogP contribution in [0, 0.1) is 50.2 Å². The summed E-state index contributed by atoms with van der Waals surface area (Å²) in [4.78, 5) is 41.3. The minimum absolute atomic E-state index is 0.00151. The van der Waals surface area contributed by atoms with E-state index in [-0.39, 0.29) is 64.4 Å². The molecule has 7 rings (SSSR count). The van der Waals surface area contributed by atoms with E-state index < -0.39 is 29.0 Å². The highest BCUT2D eigenvalue weighted by atomic mass is 16.6. The van der Waals surface area contributed by atoms with Gasteiger partial charge in [0.1, 0.15) is 6.61 Å². The van der Waals surface area contributed by atoms with Crippen molar-refractivity contribution >= 4 is 17.7 Å². The van der Waals surface area contributed by atoms with Crippen LogP contribution in [-0.2, 0) is 28.6 Å². The van der Waals surface area contributed by atoms with Gasteiger partial charge in [-0.2, -0.15) is 0 Å². The van der Waals surface area contributed by atoms with E-state index in [0.29, 0.717) is 12.8 Å². The number of ketones is 1. The van der Waals surface area contributed by atoms with Gasteiger partial charge in [-0.1, -0.05) is 101 Å². The maximum atomic E-state index is 14.9. The second kappa shape index (κ2) is 13.5. The number of aliphatic hydroxyl groups excluding tert-OH is 1. The molecule has 2 aromatic carbocycles. The van der Waals surface area contributed by atoms with E-state index in [1.165, 1.54) is 12.7 Å². The van der Waals surface area contributed by atoms with Gasteiger partial charge in [0, 0.05) is 11.3 Å². The van der Waals surface area contributed by atoms with Crippen molar-refractivity contribution in [2.24, 2.45) is 50.2 Å². The zero-order valence-electron chi connectivity index (χ0n) is 32.9. The molecule has 0 saturated heterocycles. The second-order valence-electron chi connectivity index (χ2n) is 19.0. The largest absolute Gasteiger partial charge is 0.467 e. The number of aliphatic hydroxyl groups is 1. The molecule has 0 bridgehead atoms. The Balaban J connectivity index is 1.20. The van der Waals surface area contributed by atoms with Crippen LogP contribution in [0.15, 0.2) is 72.3 Å². The fraction of sp³-hybridized carbons (Fsp3) is 0.630. The highest BCUT2D eigenvalue weighted by molar-refractivity contribution is 5.95. The number of fused-ring (bicyclic) bond motifs is 7. The molecule has 7 nitrogen and oxygen atoms in total. The molecular formula is C46H60O7. The monoisotopic (exact) mass is 724 g/mol.